The zero-order valence-electron chi connectivity index (χ0n) is 15.2. The van der Waals surface area contributed by atoms with Crippen molar-refractivity contribution in [2.24, 2.45) is 0 Å². The molecule has 1 aromatic heterocycles. The van der Waals surface area contributed by atoms with Crippen LogP contribution in [-0.2, 0) is 4.79 Å². The van der Waals surface area contributed by atoms with E-state index in [0.29, 0.717) is 16.1 Å². The van der Waals surface area contributed by atoms with E-state index < -0.39 is 5.82 Å². The first kappa shape index (κ1) is 18.7. The maximum Gasteiger partial charge on any atom is 0.266 e. The van der Waals surface area contributed by atoms with E-state index >= 15 is 0 Å². The number of aromatic nitrogens is 2. The lowest BCUT2D eigenvalue weighted by Gasteiger charge is -2.15. The van der Waals surface area contributed by atoms with E-state index in [0.717, 1.165) is 37.4 Å². The first-order valence-electron chi connectivity index (χ1n) is 9.32. The van der Waals surface area contributed by atoms with Gasteiger partial charge in [0, 0.05) is 6.04 Å². The highest BCUT2D eigenvalue weighted by molar-refractivity contribution is 7.99. The van der Waals surface area contributed by atoms with Crippen LogP contribution in [0.15, 0.2) is 58.5 Å². The van der Waals surface area contributed by atoms with Crippen molar-refractivity contribution in [3.8, 4) is 5.69 Å². The summed E-state index contributed by atoms with van der Waals surface area (Å²) in [5.74, 6) is -0.492. The molecule has 0 aliphatic heterocycles. The fraction of sp³-hybridized carbons (Fsp3) is 0.286. The molecule has 5 nitrogen and oxygen atoms in total. The lowest BCUT2D eigenvalue weighted by atomic mass is 10.2. The molecule has 1 fully saturated rings. The van der Waals surface area contributed by atoms with E-state index in [1.807, 2.05) is 0 Å². The van der Waals surface area contributed by atoms with Crippen molar-refractivity contribution in [3.05, 3.63) is 64.7 Å². The molecule has 1 saturated carbocycles. The number of thioether (sulfide) groups is 1. The van der Waals surface area contributed by atoms with Crippen LogP contribution in [0.5, 0.6) is 0 Å². The number of hydrogen-bond donors (Lipinski definition) is 1. The fourth-order valence-electron chi connectivity index (χ4n) is 3.52. The van der Waals surface area contributed by atoms with Gasteiger partial charge < -0.3 is 5.32 Å². The van der Waals surface area contributed by atoms with Crippen molar-refractivity contribution in [1.82, 2.24) is 14.9 Å². The minimum Gasteiger partial charge on any atom is -0.353 e. The number of fused-ring (bicyclic) bond motifs is 1. The van der Waals surface area contributed by atoms with Crippen LogP contribution in [0.25, 0.3) is 16.6 Å². The zero-order valence-corrected chi connectivity index (χ0v) is 16.0. The number of nitrogens with zero attached hydrogens (tertiary/aromatic N) is 2. The molecule has 0 unspecified atom stereocenters. The predicted octanol–water partition coefficient (Wildman–Crippen LogP) is 3.68. The van der Waals surface area contributed by atoms with Crippen LogP contribution in [0, 0.1) is 5.82 Å². The third-order valence-corrected chi connectivity index (χ3v) is 5.83. The summed E-state index contributed by atoms with van der Waals surface area (Å²) in [5, 5.41) is 3.73. The number of rotatable bonds is 5. The van der Waals surface area contributed by atoms with E-state index in [1.165, 1.54) is 16.7 Å². The quantitative estimate of drug-likeness (QED) is 0.527. The van der Waals surface area contributed by atoms with E-state index in [2.05, 4.69) is 10.3 Å². The van der Waals surface area contributed by atoms with Gasteiger partial charge in [-0.3, -0.25) is 14.2 Å². The predicted molar refractivity (Wildman–Crippen MR) is 108 cm³/mol. The van der Waals surface area contributed by atoms with Crippen molar-refractivity contribution >= 4 is 28.6 Å². The highest BCUT2D eigenvalue weighted by Crippen LogP contribution is 2.23. The van der Waals surface area contributed by atoms with Gasteiger partial charge in [0.05, 0.1) is 22.3 Å². The second-order valence-corrected chi connectivity index (χ2v) is 7.78. The zero-order chi connectivity index (χ0) is 19.5. The van der Waals surface area contributed by atoms with Crippen LogP contribution in [-0.4, -0.2) is 27.3 Å². The number of amides is 1. The fourth-order valence-corrected chi connectivity index (χ4v) is 4.34. The summed E-state index contributed by atoms with van der Waals surface area (Å²) in [6.07, 6.45) is 4.28. The number of nitrogens with one attached hydrogen (secondary N) is 1. The van der Waals surface area contributed by atoms with Crippen molar-refractivity contribution in [1.29, 1.82) is 0 Å². The third kappa shape index (κ3) is 3.80. The van der Waals surface area contributed by atoms with E-state index in [-0.39, 0.29) is 28.9 Å². The third-order valence-electron chi connectivity index (χ3n) is 4.89. The highest BCUT2D eigenvalue weighted by atomic mass is 32.2. The molecule has 1 aliphatic rings. The smallest absolute Gasteiger partial charge is 0.266 e. The van der Waals surface area contributed by atoms with Gasteiger partial charge in [0.2, 0.25) is 5.91 Å². The maximum absolute atomic E-state index is 14.4. The van der Waals surface area contributed by atoms with Crippen molar-refractivity contribution in [2.75, 3.05) is 5.75 Å². The molecule has 4 rings (SSSR count). The van der Waals surface area contributed by atoms with Gasteiger partial charge in [0.25, 0.3) is 5.56 Å². The van der Waals surface area contributed by atoms with Gasteiger partial charge in [-0.15, -0.1) is 0 Å². The number of halogens is 1. The number of hydrogen-bond acceptors (Lipinski definition) is 4. The number of carbonyl (C=O) groups is 1. The lowest BCUT2D eigenvalue weighted by molar-refractivity contribution is -0.119. The summed E-state index contributed by atoms with van der Waals surface area (Å²) in [7, 11) is 0. The summed E-state index contributed by atoms with van der Waals surface area (Å²) >= 11 is 1.14. The molecular weight excluding hydrogens is 377 g/mol. The van der Waals surface area contributed by atoms with Crippen LogP contribution in [0.3, 0.4) is 0 Å². The number of para-hydroxylation sites is 2. The summed E-state index contributed by atoms with van der Waals surface area (Å²) in [6.45, 7) is 0. The molecule has 1 amide bonds. The van der Waals surface area contributed by atoms with Gasteiger partial charge >= 0.3 is 0 Å². The van der Waals surface area contributed by atoms with Crippen LogP contribution in [0.1, 0.15) is 25.7 Å². The Balaban J connectivity index is 1.70. The minimum absolute atomic E-state index is 0.0978. The van der Waals surface area contributed by atoms with Crippen LogP contribution in [0.4, 0.5) is 4.39 Å². The van der Waals surface area contributed by atoms with Crippen molar-refractivity contribution in [2.45, 2.75) is 36.9 Å². The van der Waals surface area contributed by atoms with Gasteiger partial charge in [-0.1, -0.05) is 48.9 Å². The average molecular weight is 397 g/mol. The Labute approximate surface area is 166 Å². The molecule has 2 aromatic carbocycles. The Morgan fingerprint density at radius 1 is 1.14 bits per heavy atom. The molecule has 0 atom stereocenters. The summed E-state index contributed by atoms with van der Waals surface area (Å²) in [4.78, 5) is 29.9. The van der Waals surface area contributed by atoms with Crippen LogP contribution < -0.4 is 10.9 Å². The lowest BCUT2D eigenvalue weighted by Crippen LogP contribution is -2.34. The Morgan fingerprint density at radius 3 is 2.64 bits per heavy atom. The Hall–Kier alpha value is -2.67. The SMILES string of the molecule is O=C(CSc1nc2ccccc2c(=O)n1-c1ccccc1F)NC1CCCC1. The molecule has 0 spiro atoms. The van der Waals surface area contributed by atoms with E-state index in [9.17, 15) is 14.0 Å². The first-order chi connectivity index (χ1) is 13.6. The number of carbonyl (C=O) groups excluding carboxylic acids is 1. The molecular formula is C21H20FN3O2S. The van der Waals surface area contributed by atoms with Crippen molar-refractivity contribution in [3.63, 3.8) is 0 Å². The van der Waals surface area contributed by atoms with Gasteiger partial charge in [-0.2, -0.15) is 0 Å². The molecule has 0 bridgehead atoms. The average Bonchev–Trinajstić information content (AvgIpc) is 3.20. The standard InChI is InChI=1S/C21H20FN3O2S/c22-16-10-4-6-12-18(16)25-20(27)15-9-3-5-11-17(15)24-21(25)28-13-19(26)23-14-7-1-2-8-14/h3-6,9-12,14H,1-2,7-8,13H2,(H,23,26). The minimum atomic E-state index is -0.515. The maximum atomic E-state index is 14.4. The highest BCUT2D eigenvalue weighted by Gasteiger charge is 2.19. The topological polar surface area (TPSA) is 64.0 Å². The molecule has 0 radical (unpaired) electrons. The Kier molecular flexibility index (Phi) is 5.43. The summed E-state index contributed by atoms with van der Waals surface area (Å²) in [5.41, 5.74) is 0.303. The molecule has 1 N–H and O–H groups in total. The molecule has 0 saturated heterocycles. The van der Waals surface area contributed by atoms with Gasteiger partial charge in [-0.25, -0.2) is 9.37 Å². The number of benzene rings is 2. The molecule has 28 heavy (non-hydrogen) atoms. The second kappa shape index (κ2) is 8.14. The second-order valence-electron chi connectivity index (χ2n) is 6.84. The van der Waals surface area contributed by atoms with Crippen molar-refractivity contribution < 1.29 is 9.18 Å². The van der Waals surface area contributed by atoms with Crippen LogP contribution in [0.2, 0.25) is 0 Å². The molecule has 3 aromatic rings. The van der Waals surface area contributed by atoms with Gasteiger partial charge in [0.1, 0.15) is 5.82 Å². The monoisotopic (exact) mass is 397 g/mol. The normalized spacial score (nSPS) is 14.5. The van der Waals surface area contributed by atoms with Gasteiger partial charge in [-0.05, 0) is 37.1 Å². The Morgan fingerprint density at radius 2 is 1.86 bits per heavy atom. The van der Waals surface area contributed by atoms with Gasteiger partial charge in [0.15, 0.2) is 5.16 Å². The summed E-state index contributed by atoms with van der Waals surface area (Å²) in [6, 6.07) is 13.3. The Bertz CT molecular complexity index is 1080. The van der Waals surface area contributed by atoms with E-state index in [4.69, 9.17) is 0 Å². The molecule has 144 valence electrons. The molecule has 1 heterocycles. The van der Waals surface area contributed by atoms with E-state index in [1.54, 1.807) is 36.4 Å². The molecule has 1 aliphatic carbocycles. The van der Waals surface area contributed by atoms with Crippen LogP contribution >= 0.6 is 11.8 Å². The molecule has 7 heteroatoms. The first-order valence-corrected chi connectivity index (χ1v) is 10.3. The largest absolute Gasteiger partial charge is 0.353 e. The summed E-state index contributed by atoms with van der Waals surface area (Å²) < 4.78 is 15.7.